The van der Waals surface area contributed by atoms with Crippen LogP contribution in [0.3, 0.4) is 0 Å². The van der Waals surface area contributed by atoms with E-state index in [0.29, 0.717) is 29.4 Å². The molecule has 132 valence electrons. The van der Waals surface area contributed by atoms with Gasteiger partial charge in [-0.25, -0.2) is 0 Å². The number of nitrogens with one attached hydrogen (secondary N) is 2. The van der Waals surface area contributed by atoms with Crippen molar-refractivity contribution in [1.82, 2.24) is 15.8 Å². The van der Waals surface area contributed by atoms with Crippen LogP contribution in [0.1, 0.15) is 38.4 Å². The van der Waals surface area contributed by atoms with E-state index in [4.69, 9.17) is 16.1 Å². The van der Waals surface area contributed by atoms with Gasteiger partial charge < -0.3 is 15.2 Å². The lowest BCUT2D eigenvalue weighted by Gasteiger charge is -2.34. The van der Waals surface area contributed by atoms with Crippen LogP contribution in [0.4, 0.5) is 0 Å². The van der Waals surface area contributed by atoms with Crippen LogP contribution in [-0.2, 0) is 11.3 Å². The molecule has 1 aromatic heterocycles. The van der Waals surface area contributed by atoms with Gasteiger partial charge in [0.2, 0.25) is 5.91 Å². The summed E-state index contributed by atoms with van der Waals surface area (Å²) in [5.74, 6) is 0.778. The number of carbonyl (C=O) groups excluding carboxylic acids is 1. The number of aromatic nitrogens is 1. The molecule has 25 heavy (non-hydrogen) atoms. The molecule has 1 aromatic carbocycles. The van der Waals surface area contributed by atoms with E-state index in [9.17, 15) is 4.79 Å². The lowest BCUT2D eigenvalue weighted by Crippen LogP contribution is -2.47. The van der Waals surface area contributed by atoms with E-state index in [1.165, 1.54) is 6.42 Å². The van der Waals surface area contributed by atoms with Gasteiger partial charge in [0, 0.05) is 28.7 Å². The summed E-state index contributed by atoms with van der Waals surface area (Å²) in [4.78, 5) is 12.8. The molecule has 2 bridgehead atoms. The molecular formula is C19H22ClN3O2. The summed E-state index contributed by atoms with van der Waals surface area (Å²) < 4.78 is 5.38. The Morgan fingerprint density at radius 3 is 2.84 bits per heavy atom. The number of amides is 1. The first-order valence-corrected chi connectivity index (χ1v) is 9.24. The number of halogens is 1. The van der Waals surface area contributed by atoms with Crippen LogP contribution in [0.2, 0.25) is 5.02 Å². The van der Waals surface area contributed by atoms with Crippen LogP contribution in [-0.4, -0.2) is 23.1 Å². The average Bonchev–Trinajstić information content (AvgIpc) is 3.36. The second-order valence-corrected chi connectivity index (χ2v) is 7.51. The molecule has 1 amide bonds. The number of fused-ring (bicyclic) bond motifs is 2. The van der Waals surface area contributed by atoms with Crippen LogP contribution in [0.5, 0.6) is 0 Å². The number of hydrogen-bond donors (Lipinski definition) is 2. The fourth-order valence-electron chi connectivity index (χ4n) is 4.30. The first-order valence-electron chi connectivity index (χ1n) is 8.86. The second kappa shape index (κ2) is 6.46. The van der Waals surface area contributed by atoms with Gasteiger partial charge in [0.15, 0.2) is 5.76 Å². The van der Waals surface area contributed by atoms with Crippen molar-refractivity contribution in [3.05, 3.63) is 41.1 Å². The summed E-state index contributed by atoms with van der Waals surface area (Å²) in [7, 11) is 0. The Kier molecular flexibility index (Phi) is 4.29. The van der Waals surface area contributed by atoms with E-state index in [0.717, 1.165) is 30.5 Å². The summed E-state index contributed by atoms with van der Waals surface area (Å²) in [6.07, 6.45) is 4.08. The first kappa shape index (κ1) is 16.6. The van der Waals surface area contributed by atoms with Crippen molar-refractivity contribution in [2.24, 2.45) is 5.41 Å². The highest BCUT2D eigenvalue weighted by Gasteiger charge is 2.54. The molecule has 2 N–H and O–H groups in total. The maximum atomic E-state index is 12.8. The monoisotopic (exact) mass is 359 g/mol. The molecule has 2 aliphatic rings. The Morgan fingerprint density at radius 2 is 2.20 bits per heavy atom. The second-order valence-electron chi connectivity index (χ2n) is 7.08. The van der Waals surface area contributed by atoms with Crippen LogP contribution >= 0.6 is 11.6 Å². The SMILES string of the molecule is CC[C@@]1(C(=O)NCc2cc(-c3ccc(Cl)cc3)no2)C[C@@H]2CC[C@H]1N2. The normalized spacial score (nSPS) is 27.6. The van der Waals surface area contributed by atoms with E-state index in [2.05, 4.69) is 22.7 Å². The molecule has 2 aromatic rings. The Balaban J connectivity index is 1.42. The predicted molar refractivity (Wildman–Crippen MR) is 96.1 cm³/mol. The molecule has 3 heterocycles. The molecule has 0 unspecified atom stereocenters. The van der Waals surface area contributed by atoms with Gasteiger partial charge >= 0.3 is 0 Å². The minimum absolute atomic E-state index is 0.124. The minimum atomic E-state index is -0.276. The lowest BCUT2D eigenvalue weighted by molar-refractivity contribution is -0.132. The zero-order chi connectivity index (χ0) is 17.4. The van der Waals surface area contributed by atoms with E-state index < -0.39 is 0 Å². The molecule has 0 radical (unpaired) electrons. The van der Waals surface area contributed by atoms with Crippen LogP contribution in [0, 0.1) is 5.41 Å². The molecule has 6 heteroatoms. The summed E-state index contributed by atoms with van der Waals surface area (Å²) in [6.45, 7) is 2.47. The first-order chi connectivity index (χ1) is 12.1. The average molecular weight is 360 g/mol. The van der Waals surface area contributed by atoms with Gasteiger partial charge in [0.1, 0.15) is 5.69 Å². The van der Waals surface area contributed by atoms with Crippen LogP contribution in [0.15, 0.2) is 34.9 Å². The topological polar surface area (TPSA) is 67.2 Å². The van der Waals surface area contributed by atoms with Crippen molar-refractivity contribution >= 4 is 17.5 Å². The molecule has 2 fully saturated rings. The molecule has 2 aliphatic heterocycles. The Morgan fingerprint density at radius 1 is 1.40 bits per heavy atom. The fourth-order valence-corrected chi connectivity index (χ4v) is 4.42. The summed E-state index contributed by atoms with van der Waals surface area (Å²) in [6, 6.07) is 10.1. The molecule has 2 saturated heterocycles. The third-order valence-corrected chi connectivity index (χ3v) is 5.98. The number of carbonyl (C=O) groups is 1. The van der Waals surface area contributed by atoms with Crippen molar-refractivity contribution in [3.8, 4) is 11.3 Å². The van der Waals surface area contributed by atoms with Crippen molar-refractivity contribution in [2.75, 3.05) is 0 Å². The maximum absolute atomic E-state index is 12.8. The van der Waals surface area contributed by atoms with Crippen molar-refractivity contribution in [3.63, 3.8) is 0 Å². The fraction of sp³-hybridized carbons (Fsp3) is 0.474. The van der Waals surface area contributed by atoms with E-state index in [1.54, 1.807) is 0 Å². The van der Waals surface area contributed by atoms with Gasteiger partial charge in [-0.05, 0) is 37.8 Å². The zero-order valence-corrected chi connectivity index (χ0v) is 15.0. The predicted octanol–water partition coefficient (Wildman–Crippen LogP) is 3.53. The van der Waals surface area contributed by atoms with Gasteiger partial charge in [-0.2, -0.15) is 0 Å². The molecule has 3 atom stereocenters. The third kappa shape index (κ3) is 2.96. The van der Waals surface area contributed by atoms with Gasteiger partial charge in [-0.3, -0.25) is 4.79 Å². The van der Waals surface area contributed by atoms with Gasteiger partial charge in [-0.1, -0.05) is 35.8 Å². The van der Waals surface area contributed by atoms with Gasteiger partial charge in [0.25, 0.3) is 0 Å². The van der Waals surface area contributed by atoms with E-state index in [-0.39, 0.29) is 11.3 Å². The number of nitrogens with zero attached hydrogens (tertiary/aromatic N) is 1. The molecule has 0 aliphatic carbocycles. The number of rotatable bonds is 5. The standard InChI is InChI=1S/C19H22ClN3O2/c1-2-19(10-14-7-8-17(19)22-14)18(24)21-11-15-9-16(23-25-15)12-3-5-13(20)6-4-12/h3-6,9,14,17,22H,2,7-8,10-11H2,1H3,(H,21,24)/t14-,17+,19+/m0/s1. The Labute approximate surface area is 152 Å². The van der Waals surface area contributed by atoms with Crippen molar-refractivity contribution in [1.29, 1.82) is 0 Å². The summed E-state index contributed by atoms with van der Waals surface area (Å²) >= 11 is 5.91. The quantitative estimate of drug-likeness (QED) is 0.857. The number of benzene rings is 1. The Bertz CT molecular complexity index is 773. The molecule has 5 nitrogen and oxygen atoms in total. The minimum Gasteiger partial charge on any atom is -0.359 e. The Hall–Kier alpha value is -1.85. The highest BCUT2D eigenvalue weighted by molar-refractivity contribution is 6.30. The molecule has 0 spiro atoms. The zero-order valence-electron chi connectivity index (χ0n) is 14.2. The highest BCUT2D eigenvalue weighted by atomic mass is 35.5. The lowest BCUT2D eigenvalue weighted by atomic mass is 9.71. The summed E-state index contributed by atoms with van der Waals surface area (Å²) in [5, 5.41) is 11.4. The highest BCUT2D eigenvalue weighted by Crippen LogP contribution is 2.45. The van der Waals surface area contributed by atoms with Crippen LogP contribution < -0.4 is 10.6 Å². The van der Waals surface area contributed by atoms with Crippen molar-refractivity contribution < 1.29 is 9.32 Å². The van der Waals surface area contributed by atoms with E-state index >= 15 is 0 Å². The van der Waals surface area contributed by atoms with Crippen molar-refractivity contribution in [2.45, 2.75) is 51.2 Å². The number of hydrogen-bond acceptors (Lipinski definition) is 4. The van der Waals surface area contributed by atoms with Gasteiger partial charge in [0.05, 0.1) is 12.0 Å². The maximum Gasteiger partial charge on any atom is 0.228 e. The molecular weight excluding hydrogens is 338 g/mol. The third-order valence-electron chi connectivity index (χ3n) is 5.72. The van der Waals surface area contributed by atoms with Crippen LogP contribution in [0.25, 0.3) is 11.3 Å². The van der Waals surface area contributed by atoms with Gasteiger partial charge in [-0.15, -0.1) is 0 Å². The largest absolute Gasteiger partial charge is 0.359 e. The smallest absolute Gasteiger partial charge is 0.228 e. The van der Waals surface area contributed by atoms with E-state index in [1.807, 2.05) is 30.3 Å². The molecule has 0 saturated carbocycles. The molecule has 4 rings (SSSR count). The summed E-state index contributed by atoms with van der Waals surface area (Å²) in [5.41, 5.74) is 1.41.